The molecule has 0 bridgehead atoms. The molecule has 0 fully saturated rings. The van der Waals surface area contributed by atoms with Crippen LogP contribution >= 0.6 is 11.8 Å². The first-order valence-corrected chi connectivity index (χ1v) is 5.00. The average Bonchev–Trinajstić information content (AvgIpc) is 2.15. The molecule has 0 unspecified atom stereocenters. The summed E-state index contributed by atoms with van der Waals surface area (Å²) in [7, 11) is 0. The average molecular weight is 179 g/mol. The second kappa shape index (κ2) is 4.99. The van der Waals surface area contributed by atoms with Crippen LogP contribution in [0.15, 0.2) is 40.9 Å². The molecule has 0 aromatic rings. The molecule has 1 aliphatic heterocycles. The third-order valence-electron chi connectivity index (χ3n) is 1.56. The molecule has 0 aliphatic carbocycles. The highest BCUT2D eigenvalue weighted by atomic mass is 32.2. The highest BCUT2D eigenvalue weighted by Crippen LogP contribution is 2.29. The van der Waals surface area contributed by atoms with Crippen molar-refractivity contribution in [2.45, 2.75) is 12.8 Å². The predicted molar refractivity (Wildman–Crippen MR) is 57.6 cm³/mol. The second-order valence-corrected chi connectivity index (χ2v) is 3.66. The quantitative estimate of drug-likeness (QED) is 0.606. The van der Waals surface area contributed by atoms with Crippen LogP contribution in [0.1, 0.15) is 12.8 Å². The molecule has 0 radical (unpaired) electrons. The van der Waals surface area contributed by atoms with Gasteiger partial charge in [0, 0.05) is 11.1 Å². The lowest BCUT2D eigenvalue weighted by Gasteiger charge is -2.10. The van der Waals surface area contributed by atoms with E-state index in [0.29, 0.717) is 0 Å². The molecule has 1 nitrogen and oxygen atoms in total. The molecule has 0 saturated carbocycles. The summed E-state index contributed by atoms with van der Waals surface area (Å²) in [5, 5.41) is 0. The van der Waals surface area contributed by atoms with Crippen LogP contribution in [0.5, 0.6) is 0 Å². The third-order valence-corrected chi connectivity index (χ3v) is 2.76. The number of thioether (sulfide) groups is 1. The van der Waals surface area contributed by atoms with Crippen molar-refractivity contribution >= 4 is 18.0 Å². The number of allylic oxidation sites excluding steroid dienone is 2. The van der Waals surface area contributed by atoms with E-state index in [-0.39, 0.29) is 0 Å². The van der Waals surface area contributed by atoms with Crippen molar-refractivity contribution in [2.75, 3.05) is 5.75 Å². The van der Waals surface area contributed by atoms with E-state index < -0.39 is 0 Å². The minimum atomic E-state index is 0.861. The molecule has 0 aromatic carbocycles. The minimum Gasteiger partial charge on any atom is -0.256 e. The van der Waals surface area contributed by atoms with Crippen molar-refractivity contribution in [3.8, 4) is 0 Å². The molecular formula is C10H13NS. The number of hydrogen-bond donors (Lipinski definition) is 0. The van der Waals surface area contributed by atoms with Gasteiger partial charge in [-0.15, -0.1) is 11.8 Å². The van der Waals surface area contributed by atoms with Crippen LogP contribution in [0.25, 0.3) is 0 Å². The summed E-state index contributed by atoms with van der Waals surface area (Å²) in [4.78, 5) is 5.36. The van der Waals surface area contributed by atoms with E-state index in [9.17, 15) is 0 Å². The zero-order chi connectivity index (χ0) is 8.81. The number of rotatable bonds is 3. The lowest BCUT2D eigenvalue weighted by Crippen LogP contribution is -1.91. The fourth-order valence-electron chi connectivity index (χ4n) is 0.965. The van der Waals surface area contributed by atoms with Gasteiger partial charge in [0.05, 0.1) is 5.70 Å². The van der Waals surface area contributed by atoms with Gasteiger partial charge in [-0.05, 0) is 18.6 Å². The SMILES string of the molecule is C=CC=NC(=C)C1=CCCCS1. The Morgan fingerprint density at radius 1 is 1.67 bits per heavy atom. The van der Waals surface area contributed by atoms with Gasteiger partial charge in [-0.25, -0.2) is 0 Å². The van der Waals surface area contributed by atoms with E-state index in [4.69, 9.17) is 0 Å². The maximum Gasteiger partial charge on any atom is 0.0690 e. The minimum absolute atomic E-state index is 0.861. The van der Waals surface area contributed by atoms with Crippen LogP contribution in [-0.2, 0) is 0 Å². The van der Waals surface area contributed by atoms with Gasteiger partial charge in [-0.1, -0.05) is 25.3 Å². The Labute approximate surface area is 78.0 Å². The van der Waals surface area contributed by atoms with E-state index >= 15 is 0 Å². The molecule has 64 valence electrons. The third kappa shape index (κ3) is 2.70. The predicted octanol–water partition coefficient (Wildman–Crippen LogP) is 3.17. The van der Waals surface area contributed by atoms with Gasteiger partial charge in [0.15, 0.2) is 0 Å². The van der Waals surface area contributed by atoms with Gasteiger partial charge >= 0.3 is 0 Å². The lowest BCUT2D eigenvalue weighted by atomic mass is 10.3. The Balaban J connectivity index is 2.56. The van der Waals surface area contributed by atoms with Crippen molar-refractivity contribution in [1.82, 2.24) is 0 Å². The first-order valence-electron chi connectivity index (χ1n) is 4.02. The van der Waals surface area contributed by atoms with Gasteiger partial charge < -0.3 is 0 Å². The van der Waals surface area contributed by atoms with Crippen molar-refractivity contribution in [3.05, 3.63) is 35.9 Å². The molecule has 1 heterocycles. The van der Waals surface area contributed by atoms with Gasteiger partial charge in [0.2, 0.25) is 0 Å². The van der Waals surface area contributed by atoms with Crippen LogP contribution in [0.2, 0.25) is 0 Å². The summed E-state index contributed by atoms with van der Waals surface area (Å²) in [5.74, 6) is 1.19. The van der Waals surface area contributed by atoms with E-state index in [2.05, 4.69) is 24.2 Å². The van der Waals surface area contributed by atoms with Gasteiger partial charge in [-0.2, -0.15) is 0 Å². The highest BCUT2D eigenvalue weighted by Gasteiger charge is 2.05. The molecule has 1 rings (SSSR count). The molecule has 0 saturated heterocycles. The van der Waals surface area contributed by atoms with E-state index in [1.54, 1.807) is 12.3 Å². The molecule has 2 heteroatoms. The Kier molecular flexibility index (Phi) is 3.88. The van der Waals surface area contributed by atoms with E-state index in [1.165, 1.54) is 17.1 Å². The molecule has 0 aromatic heterocycles. The molecule has 0 N–H and O–H groups in total. The zero-order valence-electron chi connectivity index (χ0n) is 7.12. The molecule has 12 heavy (non-hydrogen) atoms. The van der Waals surface area contributed by atoms with Crippen molar-refractivity contribution < 1.29 is 0 Å². The van der Waals surface area contributed by atoms with Crippen LogP contribution in [0.4, 0.5) is 0 Å². The van der Waals surface area contributed by atoms with Crippen molar-refractivity contribution in [1.29, 1.82) is 0 Å². The number of aliphatic imine (C=N–C) groups is 1. The van der Waals surface area contributed by atoms with Crippen molar-refractivity contribution in [2.24, 2.45) is 4.99 Å². The fraction of sp³-hybridized carbons (Fsp3) is 0.300. The lowest BCUT2D eigenvalue weighted by molar-refractivity contribution is 0.958. The number of nitrogens with zero attached hydrogens (tertiary/aromatic N) is 1. The van der Waals surface area contributed by atoms with Crippen LogP contribution in [0, 0.1) is 0 Å². The number of hydrogen-bond acceptors (Lipinski definition) is 2. The Bertz CT molecular complexity index is 238. The standard InChI is InChI=1S/C10H13NS/c1-3-7-11-9(2)10-6-4-5-8-12-10/h3,6-7H,1-2,4-5,8H2. The first kappa shape index (κ1) is 9.33. The van der Waals surface area contributed by atoms with Gasteiger partial charge in [-0.3, -0.25) is 4.99 Å². The maximum absolute atomic E-state index is 4.14. The maximum atomic E-state index is 4.14. The molecular weight excluding hydrogens is 166 g/mol. The first-order chi connectivity index (χ1) is 5.84. The van der Waals surface area contributed by atoms with Crippen molar-refractivity contribution in [3.63, 3.8) is 0 Å². The fourth-order valence-corrected chi connectivity index (χ4v) is 1.95. The Morgan fingerprint density at radius 3 is 3.08 bits per heavy atom. The van der Waals surface area contributed by atoms with Crippen LogP contribution in [0.3, 0.4) is 0 Å². The highest BCUT2D eigenvalue weighted by molar-refractivity contribution is 8.03. The normalized spacial score (nSPS) is 17.5. The van der Waals surface area contributed by atoms with E-state index in [0.717, 1.165) is 12.1 Å². The largest absolute Gasteiger partial charge is 0.256 e. The second-order valence-electron chi connectivity index (χ2n) is 2.52. The van der Waals surface area contributed by atoms with Gasteiger partial charge in [0.1, 0.15) is 0 Å². The summed E-state index contributed by atoms with van der Waals surface area (Å²) in [6.45, 7) is 7.44. The summed E-state index contributed by atoms with van der Waals surface area (Å²) >= 11 is 1.84. The monoisotopic (exact) mass is 179 g/mol. The Morgan fingerprint density at radius 2 is 2.50 bits per heavy atom. The summed E-state index contributed by atoms with van der Waals surface area (Å²) in [6, 6.07) is 0. The summed E-state index contributed by atoms with van der Waals surface area (Å²) in [5.41, 5.74) is 0.861. The van der Waals surface area contributed by atoms with Crippen LogP contribution in [-0.4, -0.2) is 12.0 Å². The Hall–Kier alpha value is -0.760. The smallest absolute Gasteiger partial charge is 0.0690 e. The topological polar surface area (TPSA) is 12.4 Å². The van der Waals surface area contributed by atoms with Crippen LogP contribution < -0.4 is 0 Å². The zero-order valence-corrected chi connectivity index (χ0v) is 7.94. The summed E-state index contributed by atoms with van der Waals surface area (Å²) in [6.07, 6.45) is 7.98. The van der Waals surface area contributed by atoms with E-state index in [1.807, 2.05) is 11.8 Å². The van der Waals surface area contributed by atoms with Gasteiger partial charge in [0.25, 0.3) is 0 Å². The summed E-state index contributed by atoms with van der Waals surface area (Å²) < 4.78 is 0. The molecule has 1 aliphatic rings. The molecule has 0 amide bonds. The molecule has 0 atom stereocenters. The molecule has 0 spiro atoms.